The third-order valence-electron chi connectivity index (χ3n) is 4.85. The van der Waals surface area contributed by atoms with Crippen molar-refractivity contribution in [2.24, 2.45) is 11.8 Å². The average molecular weight is 366 g/mol. The van der Waals surface area contributed by atoms with Gasteiger partial charge in [-0.05, 0) is 37.0 Å². The molecule has 1 aliphatic carbocycles. The van der Waals surface area contributed by atoms with Gasteiger partial charge in [0.15, 0.2) is 9.84 Å². The smallest absolute Gasteiger partial charge is 0.224 e. The molecule has 1 N–H and O–H groups in total. The molecule has 3 atom stereocenters. The fraction of sp³-hybridized carbons (Fsp3) is 0.556. The number of hydrogen-bond donors (Lipinski definition) is 1. The van der Waals surface area contributed by atoms with E-state index >= 15 is 0 Å². The average Bonchev–Trinajstić information content (AvgIpc) is 3.29. The highest BCUT2D eigenvalue weighted by atomic mass is 32.2. The Bertz CT molecular complexity index is 743. The zero-order valence-electron chi connectivity index (χ0n) is 15.2. The maximum atomic E-state index is 12.3. The van der Waals surface area contributed by atoms with E-state index < -0.39 is 9.84 Å². The number of nitrogens with one attached hydrogen (secondary N) is 1. The van der Waals surface area contributed by atoms with E-state index in [1.165, 1.54) is 0 Å². The van der Waals surface area contributed by atoms with Gasteiger partial charge < -0.3 is 10.2 Å². The summed E-state index contributed by atoms with van der Waals surface area (Å²) in [4.78, 5) is 25.9. The summed E-state index contributed by atoms with van der Waals surface area (Å²) in [6.07, 6.45) is 2.34. The third-order valence-corrected chi connectivity index (χ3v) is 5.98. The van der Waals surface area contributed by atoms with Gasteiger partial charge in [0.1, 0.15) is 0 Å². The number of carbonyl (C=O) groups is 2. The second kappa shape index (κ2) is 7.56. The summed E-state index contributed by atoms with van der Waals surface area (Å²) in [5, 5.41) is 2.81. The maximum Gasteiger partial charge on any atom is 0.224 e. The zero-order chi connectivity index (χ0) is 18.8. The molecule has 138 valence electrons. The van der Waals surface area contributed by atoms with Crippen molar-refractivity contribution in [2.75, 3.05) is 19.8 Å². The van der Waals surface area contributed by atoms with Crippen LogP contribution in [-0.4, -0.2) is 45.0 Å². The lowest BCUT2D eigenvalue weighted by Gasteiger charge is -2.25. The Morgan fingerprint density at radius 3 is 2.32 bits per heavy atom. The lowest BCUT2D eigenvalue weighted by atomic mass is 10.1. The molecule has 3 unspecified atom stereocenters. The van der Waals surface area contributed by atoms with Gasteiger partial charge in [0, 0.05) is 32.2 Å². The van der Waals surface area contributed by atoms with E-state index in [1.54, 1.807) is 36.2 Å². The van der Waals surface area contributed by atoms with Crippen LogP contribution in [0, 0.1) is 11.8 Å². The fourth-order valence-corrected chi connectivity index (χ4v) is 3.35. The van der Waals surface area contributed by atoms with Gasteiger partial charge in [-0.15, -0.1) is 0 Å². The van der Waals surface area contributed by atoms with Crippen LogP contribution in [0.1, 0.15) is 38.3 Å². The van der Waals surface area contributed by atoms with Crippen molar-refractivity contribution in [3.05, 3.63) is 29.8 Å². The molecule has 6 nitrogen and oxygen atoms in total. The quantitative estimate of drug-likeness (QED) is 0.797. The Labute approximate surface area is 149 Å². The van der Waals surface area contributed by atoms with Crippen LogP contribution >= 0.6 is 0 Å². The van der Waals surface area contributed by atoms with Crippen molar-refractivity contribution < 1.29 is 18.0 Å². The van der Waals surface area contributed by atoms with Crippen LogP contribution in [0.3, 0.4) is 0 Å². The molecule has 25 heavy (non-hydrogen) atoms. The van der Waals surface area contributed by atoms with Crippen LogP contribution in [0.25, 0.3) is 0 Å². The Balaban J connectivity index is 1.86. The minimum atomic E-state index is -3.23. The normalized spacial score (nSPS) is 20.6. The molecule has 1 aromatic carbocycles. The summed E-state index contributed by atoms with van der Waals surface area (Å²) in [5.41, 5.74) is 0.860. The first kappa shape index (κ1) is 19.4. The molecule has 0 heterocycles. The summed E-state index contributed by atoms with van der Waals surface area (Å²) >= 11 is 0. The molecule has 7 heteroatoms. The Morgan fingerprint density at radius 2 is 1.84 bits per heavy atom. The second-order valence-electron chi connectivity index (χ2n) is 6.88. The zero-order valence-corrected chi connectivity index (χ0v) is 16.0. The second-order valence-corrected chi connectivity index (χ2v) is 8.90. The lowest BCUT2D eigenvalue weighted by Crippen LogP contribution is -2.34. The molecule has 0 aliphatic heterocycles. The van der Waals surface area contributed by atoms with E-state index in [4.69, 9.17) is 0 Å². The Kier molecular flexibility index (Phi) is 5.87. The molecule has 1 aromatic rings. The highest BCUT2D eigenvalue weighted by Crippen LogP contribution is 2.37. The van der Waals surface area contributed by atoms with Crippen LogP contribution < -0.4 is 5.32 Å². The van der Waals surface area contributed by atoms with Gasteiger partial charge in [-0.2, -0.15) is 0 Å². The molecule has 0 saturated heterocycles. The van der Waals surface area contributed by atoms with Gasteiger partial charge in [0.25, 0.3) is 0 Å². The van der Waals surface area contributed by atoms with E-state index in [0.29, 0.717) is 12.5 Å². The topological polar surface area (TPSA) is 83.6 Å². The van der Waals surface area contributed by atoms with E-state index in [0.717, 1.165) is 18.2 Å². The van der Waals surface area contributed by atoms with Crippen molar-refractivity contribution in [2.45, 2.75) is 37.6 Å². The largest absolute Gasteiger partial charge is 0.355 e. The maximum absolute atomic E-state index is 12.3. The van der Waals surface area contributed by atoms with Gasteiger partial charge in [0.2, 0.25) is 11.8 Å². The van der Waals surface area contributed by atoms with Gasteiger partial charge in [-0.1, -0.05) is 19.1 Å². The van der Waals surface area contributed by atoms with Crippen LogP contribution in [0.5, 0.6) is 0 Å². The molecule has 0 radical (unpaired) electrons. The number of rotatable bonds is 7. The minimum Gasteiger partial charge on any atom is -0.355 e. The van der Waals surface area contributed by atoms with E-state index in [2.05, 4.69) is 5.32 Å². The summed E-state index contributed by atoms with van der Waals surface area (Å²) in [5.74, 6) is 0.532. The fourth-order valence-electron chi connectivity index (χ4n) is 2.72. The van der Waals surface area contributed by atoms with Crippen molar-refractivity contribution in [1.29, 1.82) is 0 Å². The molecule has 0 spiro atoms. The number of amides is 2. The van der Waals surface area contributed by atoms with E-state index in [1.807, 2.05) is 13.8 Å². The Hall–Kier alpha value is -1.89. The molecule has 1 aliphatic rings. The lowest BCUT2D eigenvalue weighted by molar-refractivity contribution is -0.131. The molecule has 0 bridgehead atoms. The number of sulfone groups is 1. The third kappa shape index (κ3) is 5.04. The van der Waals surface area contributed by atoms with Crippen LogP contribution in [0.2, 0.25) is 0 Å². The first-order chi connectivity index (χ1) is 11.6. The van der Waals surface area contributed by atoms with E-state index in [-0.39, 0.29) is 35.1 Å². The minimum absolute atomic E-state index is 0.0346. The van der Waals surface area contributed by atoms with Gasteiger partial charge in [-0.3, -0.25) is 9.59 Å². The summed E-state index contributed by atoms with van der Waals surface area (Å²) in [7, 11) is -1.52. The SMILES string of the molecule is CC1CC1C(=O)NCCC(=O)N(C)C(C)c1ccc(S(C)(=O)=O)cc1. The van der Waals surface area contributed by atoms with Crippen molar-refractivity contribution in [1.82, 2.24) is 10.2 Å². The predicted molar refractivity (Wildman–Crippen MR) is 95.6 cm³/mol. The molecule has 0 aromatic heterocycles. The van der Waals surface area contributed by atoms with E-state index in [9.17, 15) is 18.0 Å². The first-order valence-electron chi connectivity index (χ1n) is 8.44. The van der Waals surface area contributed by atoms with Crippen molar-refractivity contribution in [3.8, 4) is 0 Å². The number of nitrogens with zero attached hydrogens (tertiary/aromatic N) is 1. The highest BCUT2D eigenvalue weighted by molar-refractivity contribution is 7.90. The molecular weight excluding hydrogens is 340 g/mol. The highest BCUT2D eigenvalue weighted by Gasteiger charge is 2.38. The molecule has 1 fully saturated rings. The molecule has 2 rings (SSSR count). The summed E-state index contributed by atoms with van der Waals surface area (Å²) in [6, 6.07) is 6.37. The first-order valence-corrected chi connectivity index (χ1v) is 10.3. The number of hydrogen-bond acceptors (Lipinski definition) is 4. The van der Waals surface area contributed by atoms with Gasteiger partial charge in [0.05, 0.1) is 10.9 Å². The van der Waals surface area contributed by atoms with Gasteiger partial charge in [-0.25, -0.2) is 8.42 Å². The molecule has 2 amide bonds. The molecular formula is C18H26N2O4S. The van der Waals surface area contributed by atoms with Crippen LogP contribution in [-0.2, 0) is 19.4 Å². The summed E-state index contributed by atoms with van der Waals surface area (Å²) in [6.45, 7) is 4.27. The number of benzene rings is 1. The molecule has 1 saturated carbocycles. The van der Waals surface area contributed by atoms with Crippen molar-refractivity contribution >= 4 is 21.7 Å². The monoisotopic (exact) mass is 366 g/mol. The number of carbonyl (C=O) groups excluding carboxylic acids is 2. The Morgan fingerprint density at radius 1 is 1.28 bits per heavy atom. The summed E-state index contributed by atoms with van der Waals surface area (Å²) < 4.78 is 23.0. The standard InChI is InChI=1S/C18H26N2O4S/c1-12-11-16(12)18(22)19-10-9-17(21)20(3)13(2)14-5-7-15(8-6-14)25(4,23)24/h5-8,12-13,16H,9-11H2,1-4H3,(H,19,22). The van der Waals surface area contributed by atoms with Crippen molar-refractivity contribution in [3.63, 3.8) is 0 Å². The predicted octanol–water partition coefficient (Wildman–Crippen LogP) is 1.77. The van der Waals surface area contributed by atoms with Gasteiger partial charge >= 0.3 is 0 Å². The van der Waals surface area contributed by atoms with Crippen LogP contribution in [0.4, 0.5) is 0 Å². The van der Waals surface area contributed by atoms with Crippen LogP contribution in [0.15, 0.2) is 29.2 Å².